The van der Waals surface area contributed by atoms with E-state index in [4.69, 9.17) is 9.47 Å². The molecule has 0 amide bonds. The van der Waals surface area contributed by atoms with E-state index in [0.29, 0.717) is 0 Å². The molecule has 2 atom stereocenters. The van der Waals surface area contributed by atoms with E-state index in [1.54, 1.807) is 0 Å². The van der Waals surface area contributed by atoms with E-state index in [-0.39, 0.29) is 11.1 Å². The van der Waals surface area contributed by atoms with Gasteiger partial charge in [-0.05, 0) is 39.7 Å². The lowest BCUT2D eigenvalue weighted by molar-refractivity contribution is 0.130. The average Bonchev–Trinajstić information content (AvgIpc) is 2.84. The second-order valence-electron chi connectivity index (χ2n) is 4.25. The van der Waals surface area contributed by atoms with E-state index < -0.39 is 0 Å². The van der Waals surface area contributed by atoms with Gasteiger partial charge in [0.2, 0.25) is 0 Å². The van der Waals surface area contributed by atoms with Crippen molar-refractivity contribution in [1.29, 1.82) is 0 Å². The van der Waals surface area contributed by atoms with Crippen LogP contribution in [-0.4, -0.2) is 11.1 Å². The molecule has 0 radical (unpaired) electrons. The molecule has 0 bridgehead atoms. The summed E-state index contributed by atoms with van der Waals surface area (Å²) in [5, 5.41) is -0.146. The van der Waals surface area contributed by atoms with Gasteiger partial charge in [0, 0.05) is 6.42 Å². The van der Waals surface area contributed by atoms with Crippen molar-refractivity contribution in [2.75, 3.05) is 0 Å². The van der Waals surface area contributed by atoms with Gasteiger partial charge in [-0.1, -0.05) is 36.4 Å². The Morgan fingerprint density at radius 1 is 1.06 bits per heavy atom. The van der Waals surface area contributed by atoms with Crippen molar-refractivity contribution in [3.63, 3.8) is 0 Å². The summed E-state index contributed by atoms with van der Waals surface area (Å²) in [5.74, 6) is 1.81. The van der Waals surface area contributed by atoms with E-state index in [9.17, 15) is 0 Å². The highest BCUT2D eigenvalue weighted by Gasteiger charge is 2.29. The number of hydrogen-bond donors (Lipinski definition) is 0. The third-order valence-electron chi connectivity index (χ3n) is 2.96. The second kappa shape index (κ2) is 5.02. The van der Waals surface area contributed by atoms with Gasteiger partial charge in [0.05, 0.1) is 0 Å². The molecule has 0 saturated heterocycles. The maximum Gasteiger partial charge on any atom is 0.190 e. The molecule has 1 aliphatic rings. The minimum absolute atomic E-state index is 0.0163. The van der Waals surface area contributed by atoms with Crippen LogP contribution in [0.25, 0.3) is 0 Å². The molecular weight excluding hydrogens is 292 g/mol. The smallest absolute Gasteiger partial charge is 0.190 e. The van der Waals surface area contributed by atoms with Crippen LogP contribution in [0.3, 0.4) is 0 Å². The summed E-state index contributed by atoms with van der Waals surface area (Å²) in [6.07, 6.45) is 0.890. The molecular formula is C15H13BrO2. The number of hydrogen-bond acceptors (Lipinski definition) is 2. The summed E-state index contributed by atoms with van der Waals surface area (Å²) in [5.41, 5.74) is 1.24. The molecule has 0 N–H and O–H groups in total. The van der Waals surface area contributed by atoms with E-state index >= 15 is 0 Å². The summed E-state index contributed by atoms with van der Waals surface area (Å²) >= 11 is 3.55. The van der Waals surface area contributed by atoms with Crippen molar-refractivity contribution < 1.29 is 9.47 Å². The van der Waals surface area contributed by atoms with Crippen LogP contribution in [0.2, 0.25) is 0 Å². The third kappa shape index (κ3) is 2.36. The minimum Gasteiger partial charge on any atom is -0.485 e. The predicted molar refractivity (Wildman–Crippen MR) is 74.3 cm³/mol. The van der Waals surface area contributed by atoms with Gasteiger partial charge in [0.15, 0.2) is 5.01 Å². The first-order valence-corrected chi connectivity index (χ1v) is 6.85. The number of halogens is 1. The van der Waals surface area contributed by atoms with Crippen LogP contribution in [0.15, 0.2) is 54.6 Å². The predicted octanol–water partition coefficient (Wildman–Crippen LogP) is 3.79. The fourth-order valence-corrected chi connectivity index (χ4v) is 2.57. The van der Waals surface area contributed by atoms with Crippen LogP contribution in [0.1, 0.15) is 5.56 Å². The highest BCUT2D eigenvalue weighted by molar-refractivity contribution is 9.09. The highest BCUT2D eigenvalue weighted by atomic mass is 79.9. The van der Waals surface area contributed by atoms with Crippen molar-refractivity contribution in [3.8, 4) is 11.5 Å². The van der Waals surface area contributed by atoms with Crippen LogP contribution in [-0.2, 0) is 6.42 Å². The minimum atomic E-state index is -0.146. The highest BCUT2D eigenvalue weighted by Crippen LogP contribution is 2.32. The summed E-state index contributed by atoms with van der Waals surface area (Å²) in [7, 11) is 0. The van der Waals surface area contributed by atoms with Crippen molar-refractivity contribution in [1.82, 2.24) is 0 Å². The molecule has 0 saturated carbocycles. The molecule has 1 aliphatic heterocycles. The topological polar surface area (TPSA) is 18.5 Å². The number of benzene rings is 2. The van der Waals surface area contributed by atoms with Crippen molar-refractivity contribution in [2.45, 2.75) is 17.5 Å². The van der Waals surface area contributed by atoms with Crippen LogP contribution < -0.4 is 9.47 Å². The number of alkyl halides is 1. The Morgan fingerprint density at radius 3 is 2.56 bits per heavy atom. The molecule has 2 aromatic carbocycles. The fourth-order valence-electron chi connectivity index (χ4n) is 2.06. The summed E-state index contributed by atoms with van der Waals surface area (Å²) in [6, 6.07) is 17.9. The molecule has 1 heterocycles. The molecule has 3 rings (SSSR count). The molecule has 2 nitrogen and oxygen atoms in total. The summed E-state index contributed by atoms with van der Waals surface area (Å²) < 4.78 is 11.7. The van der Waals surface area contributed by atoms with E-state index in [1.165, 1.54) is 5.56 Å². The fraction of sp³-hybridized carbons (Fsp3) is 0.200. The molecule has 0 aromatic heterocycles. The Kier molecular flexibility index (Phi) is 3.24. The largest absolute Gasteiger partial charge is 0.485 e. The molecule has 2 aromatic rings. The number of fused-ring (bicyclic) bond motifs is 1. The maximum absolute atomic E-state index is 5.87. The monoisotopic (exact) mass is 304 g/mol. The van der Waals surface area contributed by atoms with Gasteiger partial charge < -0.3 is 9.47 Å². The first kappa shape index (κ1) is 11.6. The number of para-hydroxylation sites is 2. The molecule has 92 valence electrons. The standard InChI is InChI=1S/C15H13BrO2/c16-15(17-12-7-2-1-3-8-12)14-10-11-6-4-5-9-13(11)18-14/h1-9,14-15H,10H2. The number of ether oxygens (including phenoxy) is 2. The van der Waals surface area contributed by atoms with Crippen molar-refractivity contribution >= 4 is 15.9 Å². The van der Waals surface area contributed by atoms with E-state index in [1.807, 2.05) is 48.5 Å². The van der Waals surface area contributed by atoms with Gasteiger partial charge in [0.1, 0.15) is 17.6 Å². The summed E-state index contributed by atoms with van der Waals surface area (Å²) in [6.45, 7) is 0. The molecule has 0 spiro atoms. The Bertz CT molecular complexity index is 502. The van der Waals surface area contributed by atoms with Crippen LogP contribution in [0.5, 0.6) is 11.5 Å². The first-order chi connectivity index (χ1) is 8.83. The van der Waals surface area contributed by atoms with Crippen molar-refractivity contribution in [3.05, 3.63) is 60.2 Å². The van der Waals surface area contributed by atoms with Gasteiger partial charge >= 0.3 is 0 Å². The Morgan fingerprint density at radius 2 is 1.78 bits per heavy atom. The number of rotatable bonds is 3. The van der Waals surface area contributed by atoms with Crippen LogP contribution >= 0.6 is 15.9 Å². The van der Waals surface area contributed by atoms with Gasteiger partial charge in [-0.3, -0.25) is 0 Å². The van der Waals surface area contributed by atoms with E-state index in [2.05, 4.69) is 22.0 Å². The lowest BCUT2D eigenvalue weighted by atomic mass is 10.1. The van der Waals surface area contributed by atoms with Gasteiger partial charge in [-0.2, -0.15) is 0 Å². The Labute approximate surface area is 115 Å². The zero-order valence-electron chi connectivity index (χ0n) is 9.75. The molecule has 3 heteroatoms. The third-order valence-corrected chi connectivity index (χ3v) is 3.73. The van der Waals surface area contributed by atoms with Gasteiger partial charge in [-0.15, -0.1) is 0 Å². The molecule has 0 aliphatic carbocycles. The quantitative estimate of drug-likeness (QED) is 0.803. The zero-order valence-corrected chi connectivity index (χ0v) is 11.3. The normalized spacial score (nSPS) is 18.8. The zero-order chi connectivity index (χ0) is 12.4. The lowest BCUT2D eigenvalue weighted by Crippen LogP contribution is -2.30. The Hall–Kier alpha value is -1.48. The molecule has 0 fully saturated rings. The Balaban J connectivity index is 1.67. The maximum atomic E-state index is 5.87. The van der Waals surface area contributed by atoms with Crippen LogP contribution in [0, 0.1) is 0 Å². The molecule has 18 heavy (non-hydrogen) atoms. The average molecular weight is 305 g/mol. The second-order valence-corrected chi connectivity index (χ2v) is 5.15. The SMILES string of the molecule is BrC(Oc1ccccc1)C1Cc2ccccc2O1. The van der Waals surface area contributed by atoms with E-state index in [0.717, 1.165) is 17.9 Å². The summed E-state index contributed by atoms with van der Waals surface area (Å²) in [4.78, 5) is 0. The lowest BCUT2D eigenvalue weighted by Gasteiger charge is -2.19. The van der Waals surface area contributed by atoms with Crippen molar-refractivity contribution in [2.24, 2.45) is 0 Å². The first-order valence-electron chi connectivity index (χ1n) is 5.93. The molecule has 2 unspecified atom stereocenters. The van der Waals surface area contributed by atoms with Gasteiger partial charge in [-0.25, -0.2) is 0 Å². The van der Waals surface area contributed by atoms with Gasteiger partial charge in [0.25, 0.3) is 0 Å². The van der Waals surface area contributed by atoms with Crippen LogP contribution in [0.4, 0.5) is 0 Å².